The van der Waals surface area contributed by atoms with Gasteiger partial charge in [-0.05, 0) is 41.8 Å². The van der Waals surface area contributed by atoms with Crippen LogP contribution in [0.3, 0.4) is 0 Å². The fraction of sp³-hybridized carbons (Fsp3) is 0.0952. The van der Waals surface area contributed by atoms with E-state index in [0.717, 1.165) is 11.6 Å². The zero-order chi connectivity index (χ0) is 23.5. The molecule has 0 aliphatic carbocycles. The maximum Gasteiger partial charge on any atom is 0.244 e. The number of nitrogens with two attached hydrogens (primary N) is 2. The molecule has 0 saturated carbocycles. The average molecular weight is 475 g/mol. The van der Waals surface area contributed by atoms with Gasteiger partial charge in [0, 0.05) is 17.7 Å². The largest absolute Gasteiger partial charge is 0.507 e. The molecule has 0 aliphatic heterocycles. The lowest BCUT2D eigenvalue weighted by atomic mass is 10.0. The fourth-order valence-corrected chi connectivity index (χ4v) is 5.02. The summed E-state index contributed by atoms with van der Waals surface area (Å²) in [5, 5.41) is 22.6. The van der Waals surface area contributed by atoms with Crippen LogP contribution < -0.4 is 15.6 Å². The van der Waals surface area contributed by atoms with Crippen LogP contribution in [0.5, 0.6) is 5.75 Å². The minimum absolute atomic E-state index is 0.0214. The standard InChI is InChI=1S/C21H22N4O5S2/c22-21(23)16-9-10-18(26)20(13-16)32(29,30)25-12-11-14-5-7-15(8-6-14)17-3-1-2-4-19(17)31(24,27)28/h1-10,13,25-26H,11-12H2,(H3,22,23)(H2,24,27,28). The number of hydrogen-bond donors (Lipinski definition) is 5. The summed E-state index contributed by atoms with van der Waals surface area (Å²) in [7, 11) is -7.90. The lowest BCUT2D eigenvalue weighted by molar-refractivity contribution is 0.458. The number of nitrogens with one attached hydrogen (secondary N) is 2. The fourth-order valence-electron chi connectivity index (χ4n) is 3.11. The molecule has 0 heterocycles. The molecule has 11 heteroatoms. The summed E-state index contributed by atoms with van der Waals surface area (Å²) in [5.74, 6) is -0.758. The molecule has 168 valence electrons. The molecule has 9 nitrogen and oxygen atoms in total. The lowest BCUT2D eigenvalue weighted by Gasteiger charge is -2.11. The van der Waals surface area contributed by atoms with Crippen LogP contribution in [0.25, 0.3) is 11.1 Å². The molecule has 0 amide bonds. The number of benzene rings is 3. The highest BCUT2D eigenvalue weighted by Gasteiger charge is 2.19. The van der Waals surface area contributed by atoms with E-state index < -0.39 is 25.8 Å². The summed E-state index contributed by atoms with van der Waals surface area (Å²) in [6.45, 7) is 0.0547. The van der Waals surface area contributed by atoms with Gasteiger partial charge in [0.1, 0.15) is 16.5 Å². The van der Waals surface area contributed by atoms with E-state index in [-0.39, 0.29) is 27.7 Å². The number of phenols is 1. The normalized spacial score (nSPS) is 11.9. The van der Waals surface area contributed by atoms with E-state index in [1.54, 1.807) is 42.5 Å². The molecule has 0 radical (unpaired) electrons. The van der Waals surface area contributed by atoms with E-state index in [9.17, 15) is 21.9 Å². The Morgan fingerprint density at radius 3 is 2.22 bits per heavy atom. The first-order valence-electron chi connectivity index (χ1n) is 9.37. The Bertz CT molecular complexity index is 1370. The van der Waals surface area contributed by atoms with E-state index >= 15 is 0 Å². The monoisotopic (exact) mass is 474 g/mol. The quantitative estimate of drug-likeness (QED) is 0.244. The lowest BCUT2D eigenvalue weighted by Crippen LogP contribution is -2.26. The molecule has 0 saturated heterocycles. The number of sulfonamides is 2. The molecule has 3 aromatic carbocycles. The van der Waals surface area contributed by atoms with Gasteiger partial charge in [-0.1, -0.05) is 42.5 Å². The van der Waals surface area contributed by atoms with Crippen molar-refractivity contribution in [3.8, 4) is 16.9 Å². The van der Waals surface area contributed by atoms with Crippen molar-refractivity contribution in [2.45, 2.75) is 16.2 Å². The Kier molecular flexibility index (Phi) is 6.65. The highest BCUT2D eigenvalue weighted by Crippen LogP contribution is 2.27. The summed E-state index contributed by atoms with van der Waals surface area (Å²) in [6.07, 6.45) is 0.351. The molecular weight excluding hydrogens is 452 g/mol. The van der Waals surface area contributed by atoms with Crippen molar-refractivity contribution in [1.82, 2.24) is 4.72 Å². The number of rotatable bonds is 8. The summed E-state index contributed by atoms with van der Waals surface area (Å²) in [5.41, 5.74) is 7.51. The van der Waals surface area contributed by atoms with Crippen molar-refractivity contribution in [2.24, 2.45) is 10.9 Å². The van der Waals surface area contributed by atoms with Gasteiger partial charge in [-0.25, -0.2) is 26.7 Å². The second-order valence-corrected chi connectivity index (χ2v) is 10.2. The molecule has 0 atom stereocenters. The van der Waals surface area contributed by atoms with Crippen LogP contribution in [0.15, 0.2) is 76.5 Å². The number of aromatic hydroxyl groups is 1. The maximum absolute atomic E-state index is 12.5. The van der Waals surface area contributed by atoms with E-state index in [4.69, 9.17) is 16.3 Å². The number of primary sulfonamides is 1. The van der Waals surface area contributed by atoms with Crippen molar-refractivity contribution < 1.29 is 21.9 Å². The summed E-state index contributed by atoms with van der Waals surface area (Å²) in [4.78, 5) is -0.340. The Hall–Kier alpha value is -3.25. The van der Waals surface area contributed by atoms with Gasteiger partial charge < -0.3 is 10.8 Å². The Balaban J connectivity index is 1.72. The summed E-state index contributed by atoms with van der Waals surface area (Å²) in [6, 6.07) is 17.0. The van der Waals surface area contributed by atoms with Gasteiger partial charge in [0.05, 0.1) is 4.90 Å². The first kappa shape index (κ1) is 23.4. The topological polar surface area (TPSA) is 176 Å². The van der Waals surface area contributed by atoms with Crippen LogP contribution in [-0.4, -0.2) is 34.3 Å². The first-order valence-corrected chi connectivity index (χ1v) is 12.4. The number of phenolic OH excluding ortho intramolecular Hbond substituents is 1. The van der Waals surface area contributed by atoms with E-state index in [0.29, 0.717) is 17.5 Å². The minimum Gasteiger partial charge on any atom is -0.507 e. The molecule has 0 fully saturated rings. The van der Waals surface area contributed by atoms with Gasteiger partial charge in [0.2, 0.25) is 20.0 Å². The smallest absolute Gasteiger partial charge is 0.244 e. The molecule has 3 rings (SSSR count). The Morgan fingerprint density at radius 2 is 1.59 bits per heavy atom. The Labute approximate surface area is 186 Å². The van der Waals surface area contributed by atoms with Gasteiger partial charge >= 0.3 is 0 Å². The Morgan fingerprint density at radius 1 is 0.938 bits per heavy atom. The average Bonchev–Trinajstić information content (AvgIpc) is 2.73. The number of amidine groups is 1. The zero-order valence-electron chi connectivity index (χ0n) is 16.8. The highest BCUT2D eigenvalue weighted by atomic mass is 32.2. The molecule has 0 bridgehead atoms. The van der Waals surface area contributed by atoms with Crippen molar-refractivity contribution >= 4 is 25.9 Å². The van der Waals surface area contributed by atoms with Gasteiger partial charge in [0.25, 0.3) is 0 Å². The molecule has 0 unspecified atom stereocenters. The highest BCUT2D eigenvalue weighted by molar-refractivity contribution is 7.89. The molecule has 0 aromatic heterocycles. The predicted octanol–water partition coefficient (Wildman–Crippen LogP) is 1.51. The van der Waals surface area contributed by atoms with Crippen molar-refractivity contribution in [3.63, 3.8) is 0 Å². The third-order valence-corrected chi connectivity index (χ3v) is 7.18. The second kappa shape index (κ2) is 9.09. The third-order valence-electron chi connectivity index (χ3n) is 4.72. The molecular formula is C21H22N4O5S2. The molecule has 7 N–H and O–H groups in total. The molecule has 32 heavy (non-hydrogen) atoms. The zero-order valence-corrected chi connectivity index (χ0v) is 18.4. The minimum atomic E-state index is -4.02. The number of nitrogen functional groups attached to an aromatic ring is 1. The van der Waals surface area contributed by atoms with Gasteiger partial charge in [-0.15, -0.1) is 0 Å². The number of hydrogen-bond acceptors (Lipinski definition) is 6. The summed E-state index contributed by atoms with van der Waals surface area (Å²) < 4.78 is 51.1. The van der Waals surface area contributed by atoms with Crippen LogP contribution in [0.1, 0.15) is 11.1 Å². The molecule has 0 aliphatic rings. The maximum atomic E-state index is 12.5. The van der Waals surface area contributed by atoms with E-state index in [1.807, 2.05) is 0 Å². The molecule has 3 aromatic rings. The van der Waals surface area contributed by atoms with Crippen molar-refractivity contribution in [2.75, 3.05) is 6.54 Å². The van der Waals surface area contributed by atoms with E-state index in [1.165, 1.54) is 18.2 Å². The van der Waals surface area contributed by atoms with Crippen molar-refractivity contribution in [3.05, 3.63) is 77.9 Å². The molecule has 0 spiro atoms. The van der Waals surface area contributed by atoms with Crippen LogP contribution in [0.2, 0.25) is 0 Å². The summed E-state index contributed by atoms with van der Waals surface area (Å²) >= 11 is 0. The van der Waals surface area contributed by atoms with Crippen LogP contribution in [-0.2, 0) is 26.5 Å². The SMILES string of the molecule is N=C(N)c1ccc(O)c(S(=O)(=O)NCCc2ccc(-c3ccccc3S(N)(=O)=O)cc2)c1. The van der Waals surface area contributed by atoms with Crippen LogP contribution in [0.4, 0.5) is 0 Å². The van der Waals surface area contributed by atoms with Crippen molar-refractivity contribution in [1.29, 1.82) is 5.41 Å². The predicted molar refractivity (Wildman–Crippen MR) is 121 cm³/mol. The third kappa shape index (κ3) is 5.32. The first-order chi connectivity index (χ1) is 15.0. The van der Waals surface area contributed by atoms with Gasteiger partial charge in [-0.3, -0.25) is 5.41 Å². The van der Waals surface area contributed by atoms with Crippen LogP contribution >= 0.6 is 0 Å². The van der Waals surface area contributed by atoms with Crippen LogP contribution in [0, 0.1) is 5.41 Å². The van der Waals surface area contributed by atoms with Gasteiger partial charge in [-0.2, -0.15) is 0 Å². The van der Waals surface area contributed by atoms with Gasteiger partial charge in [0.15, 0.2) is 0 Å². The van der Waals surface area contributed by atoms with E-state index in [2.05, 4.69) is 4.72 Å². The second-order valence-electron chi connectivity index (χ2n) is 6.98.